The molecule has 6 nitrogen and oxygen atoms in total. The van der Waals surface area contributed by atoms with Gasteiger partial charge in [-0.1, -0.05) is 11.6 Å². The number of guanidine groups is 1. The van der Waals surface area contributed by atoms with Gasteiger partial charge in [-0.25, -0.2) is 4.99 Å². The molecule has 1 aromatic rings. The first-order valence-corrected chi connectivity index (χ1v) is 6.71. The number of methoxy groups -OCH3 is 1. The lowest BCUT2D eigenvalue weighted by molar-refractivity contribution is -0.157. The van der Waals surface area contributed by atoms with E-state index in [1.807, 2.05) is 0 Å². The van der Waals surface area contributed by atoms with Crippen LogP contribution < -0.4 is 15.8 Å². The van der Waals surface area contributed by atoms with Crippen molar-refractivity contribution in [2.45, 2.75) is 6.18 Å². The van der Waals surface area contributed by atoms with Crippen LogP contribution in [0.2, 0.25) is 5.02 Å². The molecule has 0 saturated carbocycles. The molecular formula is C13H17ClF3IN4O2. The molecular weight excluding hydrogens is 464 g/mol. The second-order valence-electron chi connectivity index (χ2n) is 4.54. The summed E-state index contributed by atoms with van der Waals surface area (Å²) in [7, 11) is 2.51. The Morgan fingerprint density at radius 1 is 1.46 bits per heavy atom. The van der Waals surface area contributed by atoms with E-state index in [-0.39, 0.29) is 29.9 Å². The normalized spacial score (nSPS) is 11.5. The van der Waals surface area contributed by atoms with Gasteiger partial charge in [0.15, 0.2) is 5.96 Å². The minimum atomic E-state index is -4.46. The molecule has 0 saturated heterocycles. The van der Waals surface area contributed by atoms with Crippen LogP contribution in [0.5, 0.6) is 5.75 Å². The Bertz CT molecular complexity index is 599. The number of ether oxygens (including phenoxy) is 1. The number of amides is 1. The summed E-state index contributed by atoms with van der Waals surface area (Å²) in [6.45, 7) is -1.85. The highest BCUT2D eigenvalue weighted by atomic mass is 127. The first-order valence-electron chi connectivity index (χ1n) is 6.33. The average molecular weight is 481 g/mol. The third-order valence-corrected chi connectivity index (χ3v) is 2.95. The van der Waals surface area contributed by atoms with Crippen LogP contribution in [-0.4, -0.2) is 50.2 Å². The summed E-state index contributed by atoms with van der Waals surface area (Å²) in [5, 5.41) is 3.01. The van der Waals surface area contributed by atoms with Crippen LogP contribution in [-0.2, 0) is 4.79 Å². The Morgan fingerprint density at radius 3 is 2.58 bits per heavy atom. The first kappa shape index (κ1) is 22.6. The molecule has 0 atom stereocenters. The van der Waals surface area contributed by atoms with Crippen molar-refractivity contribution in [1.29, 1.82) is 0 Å². The summed E-state index contributed by atoms with van der Waals surface area (Å²) < 4.78 is 41.5. The van der Waals surface area contributed by atoms with Gasteiger partial charge in [0.05, 0.1) is 12.1 Å². The van der Waals surface area contributed by atoms with Crippen LogP contribution in [0.3, 0.4) is 0 Å². The van der Waals surface area contributed by atoms with Gasteiger partial charge in [0.2, 0.25) is 5.91 Å². The van der Waals surface area contributed by atoms with Gasteiger partial charge >= 0.3 is 6.18 Å². The average Bonchev–Trinajstić information content (AvgIpc) is 2.43. The second kappa shape index (κ2) is 9.77. The van der Waals surface area contributed by atoms with Crippen molar-refractivity contribution < 1.29 is 22.7 Å². The number of nitrogens with zero attached hydrogens (tertiary/aromatic N) is 2. The zero-order valence-electron chi connectivity index (χ0n) is 12.9. The highest BCUT2D eigenvalue weighted by Gasteiger charge is 2.30. The number of benzene rings is 1. The minimum Gasteiger partial charge on any atom is -0.495 e. The lowest BCUT2D eigenvalue weighted by Gasteiger charge is -2.18. The van der Waals surface area contributed by atoms with Crippen molar-refractivity contribution in [1.82, 2.24) is 4.90 Å². The van der Waals surface area contributed by atoms with Gasteiger partial charge in [-0.3, -0.25) is 4.79 Å². The number of anilines is 1. The lowest BCUT2D eigenvalue weighted by atomic mass is 10.3. The zero-order valence-corrected chi connectivity index (χ0v) is 15.9. The van der Waals surface area contributed by atoms with Crippen LogP contribution in [0.15, 0.2) is 23.2 Å². The molecule has 136 valence electrons. The minimum absolute atomic E-state index is 0. The van der Waals surface area contributed by atoms with E-state index in [4.69, 9.17) is 22.1 Å². The second-order valence-corrected chi connectivity index (χ2v) is 4.95. The molecule has 0 aromatic heterocycles. The van der Waals surface area contributed by atoms with E-state index in [9.17, 15) is 18.0 Å². The molecule has 0 unspecified atom stereocenters. The number of hydrogen-bond donors (Lipinski definition) is 2. The van der Waals surface area contributed by atoms with E-state index in [0.717, 1.165) is 7.05 Å². The number of aliphatic imine (C=N–C) groups is 1. The lowest BCUT2D eigenvalue weighted by Crippen LogP contribution is -2.37. The molecule has 0 aliphatic heterocycles. The van der Waals surface area contributed by atoms with Crippen LogP contribution in [0, 0.1) is 0 Å². The van der Waals surface area contributed by atoms with Crippen molar-refractivity contribution in [3.8, 4) is 5.75 Å². The Kier molecular flexibility index (Phi) is 9.18. The van der Waals surface area contributed by atoms with E-state index >= 15 is 0 Å². The van der Waals surface area contributed by atoms with Crippen LogP contribution >= 0.6 is 35.6 Å². The maximum absolute atomic E-state index is 12.2. The molecule has 1 rings (SSSR count). The third kappa shape index (κ3) is 7.90. The van der Waals surface area contributed by atoms with Crippen molar-refractivity contribution in [2.75, 3.05) is 32.6 Å². The molecule has 0 bridgehead atoms. The molecule has 0 spiro atoms. The zero-order chi connectivity index (χ0) is 17.6. The molecule has 1 amide bonds. The van der Waals surface area contributed by atoms with Gasteiger partial charge < -0.3 is 20.7 Å². The summed E-state index contributed by atoms with van der Waals surface area (Å²) in [4.78, 5) is 15.7. The highest BCUT2D eigenvalue weighted by molar-refractivity contribution is 14.0. The molecule has 0 aliphatic rings. The van der Waals surface area contributed by atoms with E-state index in [1.165, 1.54) is 13.2 Å². The Labute approximate surface area is 159 Å². The Morgan fingerprint density at radius 2 is 2.08 bits per heavy atom. The van der Waals surface area contributed by atoms with Crippen LogP contribution in [0.1, 0.15) is 0 Å². The molecule has 0 aliphatic carbocycles. The predicted octanol–water partition coefficient (Wildman–Crippen LogP) is 2.71. The van der Waals surface area contributed by atoms with Crippen molar-refractivity contribution in [3.05, 3.63) is 23.2 Å². The Balaban J connectivity index is 0.00000529. The number of carbonyl (C=O) groups excluding carboxylic acids is 1. The van der Waals surface area contributed by atoms with Crippen molar-refractivity contribution in [3.63, 3.8) is 0 Å². The summed E-state index contributed by atoms with van der Waals surface area (Å²) in [5.74, 6) is -0.462. The van der Waals surface area contributed by atoms with Crippen LogP contribution in [0.4, 0.5) is 18.9 Å². The smallest absolute Gasteiger partial charge is 0.406 e. The summed E-state index contributed by atoms with van der Waals surface area (Å²) in [6, 6.07) is 4.74. The molecule has 0 heterocycles. The molecule has 11 heteroatoms. The maximum Gasteiger partial charge on any atom is 0.406 e. The molecule has 0 radical (unpaired) electrons. The highest BCUT2D eigenvalue weighted by Crippen LogP contribution is 2.27. The van der Waals surface area contributed by atoms with Gasteiger partial charge in [-0.15, -0.1) is 24.0 Å². The maximum atomic E-state index is 12.2. The summed E-state index contributed by atoms with van der Waals surface area (Å²) in [5.41, 5.74) is 6.07. The number of halogens is 5. The number of rotatable bonds is 5. The van der Waals surface area contributed by atoms with E-state index in [2.05, 4.69) is 10.3 Å². The monoisotopic (exact) mass is 480 g/mol. The number of nitrogens with two attached hydrogens (primary N) is 1. The number of nitrogens with one attached hydrogen (secondary N) is 1. The number of likely N-dealkylation sites (N-methyl/N-ethyl adjacent to an activating group) is 1. The first-order chi connectivity index (χ1) is 10.6. The van der Waals surface area contributed by atoms with Gasteiger partial charge in [0.1, 0.15) is 18.8 Å². The SMILES string of the molecule is COc1ccc(NC(N)=NCC(=O)N(C)CC(F)(F)F)cc1Cl.I. The van der Waals surface area contributed by atoms with E-state index in [1.54, 1.807) is 12.1 Å². The molecule has 3 N–H and O–H groups in total. The van der Waals surface area contributed by atoms with Crippen molar-refractivity contribution >= 4 is 53.1 Å². The van der Waals surface area contributed by atoms with E-state index in [0.29, 0.717) is 21.4 Å². The number of hydrogen-bond acceptors (Lipinski definition) is 3. The van der Waals surface area contributed by atoms with Gasteiger partial charge in [-0.2, -0.15) is 13.2 Å². The standard InChI is InChI=1S/C13H16ClF3N4O2.HI/c1-21(7-13(15,16)17)11(22)6-19-12(18)20-8-3-4-10(23-2)9(14)5-8;/h3-5H,6-7H2,1-2H3,(H3,18,19,20);1H. The predicted molar refractivity (Wildman–Crippen MR) is 97.2 cm³/mol. The fraction of sp³-hybridized carbons (Fsp3) is 0.385. The molecule has 24 heavy (non-hydrogen) atoms. The Hall–Kier alpha value is -1.43. The van der Waals surface area contributed by atoms with Gasteiger partial charge in [0, 0.05) is 12.7 Å². The fourth-order valence-electron chi connectivity index (χ4n) is 1.56. The van der Waals surface area contributed by atoms with Crippen molar-refractivity contribution in [2.24, 2.45) is 10.7 Å². The summed E-state index contributed by atoms with van der Waals surface area (Å²) >= 11 is 5.93. The molecule has 0 fully saturated rings. The topological polar surface area (TPSA) is 80.0 Å². The number of alkyl halides is 3. The molecule has 1 aromatic carbocycles. The van der Waals surface area contributed by atoms with Gasteiger partial charge in [-0.05, 0) is 18.2 Å². The summed E-state index contributed by atoms with van der Waals surface area (Å²) in [6.07, 6.45) is -4.46. The fourth-order valence-corrected chi connectivity index (χ4v) is 1.82. The van der Waals surface area contributed by atoms with E-state index < -0.39 is 25.2 Å². The quantitative estimate of drug-likeness (QED) is 0.386. The van der Waals surface area contributed by atoms with Crippen LogP contribution in [0.25, 0.3) is 0 Å². The third-order valence-electron chi connectivity index (χ3n) is 2.65. The largest absolute Gasteiger partial charge is 0.495 e. The number of carbonyl (C=O) groups is 1. The van der Waals surface area contributed by atoms with Gasteiger partial charge in [0.25, 0.3) is 0 Å².